The third-order valence-corrected chi connectivity index (χ3v) is 5.95. The number of hydrogen-bond donors (Lipinski definition) is 2. The molecule has 0 unspecified atom stereocenters. The Bertz CT molecular complexity index is 690. The van der Waals surface area contributed by atoms with Crippen LogP contribution in [0.5, 0.6) is 0 Å². The fraction of sp³-hybridized carbons (Fsp3) is 0.588. The average Bonchev–Trinajstić information content (AvgIpc) is 2.50. The third-order valence-electron chi connectivity index (χ3n) is 4.14. The fourth-order valence-electron chi connectivity index (χ4n) is 2.95. The molecular weight excluding hydrogens is 342 g/mol. The second kappa shape index (κ2) is 8.16. The summed E-state index contributed by atoms with van der Waals surface area (Å²) in [6, 6.07) is 5.34. The van der Waals surface area contributed by atoms with Crippen molar-refractivity contribution in [2.75, 3.05) is 30.7 Å². The van der Waals surface area contributed by atoms with E-state index < -0.39 is 16.1 Å². The van der Waals surface area contributed by atoms with Crippen molar-refractivity contribution in [3.05, 3.63) is 29.3 Å². The number of morpholine rings is 1. The summed E-state index contributed by atoms with van der Waals surface area (Å²) in [4.78, 5) is 12.0. The highest BCUT2D eigenvalue weighted by Gasteiger charge is 2.30. The summed E-state index contributed by atoms with van der Waals surface area (Å²) in [6.45, 7) is 8.28. The van der Waals surface area contributed by atoms with E-state index in [9.17, 15) is 13.2 Å². The molecule has 2 N–H and O–H groups in total. The number of rotatable bonds is 5. The lowest BCUT2D eigenvalue weighted by Crippen LogP contribution is -2.49. The number of hydrogen-bond acceptors (Lipinski definition) is 4. The maximum Gasteiger partial charge on any atom is 0.319 e. The summed E-state index contributed by atoms with van der Waals surface area (Å²) in [6.07, 6.45) is -0.252. The van der Waals surface area contributed by atoms with Gasteiger partial charge in [0.15, 0.2) is 0 Å². The van der Waals surface area contributed by atoms with Crippen molar-refractivity contribution in [3.63, 3.8) is 0 Å². The molecule has 0 aliphatic carbocycles. The molecule has 1 aromatic carbocycles. The zero-order valence-electron chi connectivity index (χ0n) is 15.2. The van der Waals surface area contributed by atoms with Gasteiger partial charge in [0.2, 0.25) is 10.0 Å². The van der Waals surface area contributed by atoms with Gasteiger partial charge in [-0.2, -0.15) is 4.31 Å². The predicted octanol–water partition coefficient (Wildman–Crippen LogP) is 1.86. The molecule has 1 saturated heterocycles. The van der Waals surface area contributed by atoms with Gasteiger partial charge >= 0.3 is 6.03 Å². The van der Waals surface area contributed by atoms with Crippen LogP contribution in [0.15, 0.2) is 18.2 Å². The van der Waals surface area contributed by atoms with Gasteiger partial charge in [0.1, 0.15) is 0 Å². The number of nitrogens with one attached hydrogen (secondary N) is 2. The van der Waals surface area contributed by atoms with E-state index in [0.29, 0.717) is 13.1 Å². The minimum absolute atomic E-state index is 0.0548. The molecule has 2 rings (SSSR count). The van der Waals surface area contributed by atoms with Crippen molar-refractivity contribution in [3.8, 4) is 0 Å². The van der Waals surface area contributed by atoms with Gasteiger partial charge in [0, 0.05) is 25.3 Å². The number of anilines is 1. The van der Waals surface area contributed by atoms with Crippen LogP contribution in [-0.2, 0) is 14.8 Å². The van der Waals surface area contributed by atoms with E-state index in [2.05, 4.69) is 10.6 Å². The molecule has 7 nitrogen and oxygen atoms in total. The van der Waals surface area contributed by atoms with E-state index in [-0.39, 0.29) is 24.5 Å². The monoisotopic (exact) mass is 369 g/mol. The van der Waals surface area contributed by atoms with Gasteiger partial charge in [-0.15, -0.1) is 0 Å². The lowest BCUT2D eigenvalue weighted by molar-refractivity contribution is -0.0440. The standard InChI is InChI=1S/C17H27N3O4S/c1-12-6-5-7-13(2)16(12)19-17(21)18-8-9-25(22,23)20-10-14(3)24-15(4)11-20/h5-7,14-15H,8-11H2,1-4H3,(H2,18,19,21)/t14-,15-/m1/s1. The summed E-state index contributed by atoms with van der Waals surface area (Å²) in [5.41, 5.74) is 2.66. The van der Waals surface area contributed by atoms with Crippen molar-refractivity contribution in [1.29, 1.82) is 0 Å². The molecule has 140 valence electrons. The molecular formula is C17H27N3O4S. The summed E-state index contributed by atoms with van der Waals surface area (Å²) in [5, 5.41) is 5.40. The molecule has 0 bridgehead atoms. The van der Waals surface area contributed by atoms with E-state index in [0.717, 1.165) is 16.8 Å². The molecule has 1 aliphatic heterocycles. The Balaban J connectivity index is 1.86. The summed E-state index contributed by atoms with van der Waals surface area (Å²) < 4.78 is 31.8. The Morgan fingerprint density at radius 1 is 1.20 bits per heavy atom. The SMILES string of the molecule is Cc1cccc(C)c1NC(=O)NCCS(=O)(=O)N1C[C@@H](C)O[C@H](C)C1. The van der Waals surface area contributed by atoms with Gasteiger partial charge in [-0.3, -0.25) is 0 Å². The highest BCUT2D eigenvalue weighted by molar-refractivity contribution is 7.89. The Morgan fingerprint density at radius 2 is 1.76 bits per heavy atom. The van der Waals surface area contributed by atoms with Gasteiger partial charge in [-0.05, 0) is 38.8 Å². The molecule has 2 amide bonds. The molecule has 1 aliphatic rings. The molecule has 1 heterocycles. The van der Waals surface area contributed by atoms with Crippen LogP contribution in [0.25, 0.3) is 0 Å². The van der Waals surface area contributed by atoms with Crippen molar-refractivity contribution >= 4 is 21.7 Å². The van der Waals surface area contributed by atoms with Crippen LogP contribution in [0, 0.1) is 13.8 Å². The Labute approximate surface area is 149 Å². The first-order valence-corrected chi connectivity index (χ1v) is 10.0. The normalized spacial score (nSPS) is 21.8. The highest BCUT2D eigenvalue weighted by Crippen LogP contribution is 2.19. The topological polar surface area (TPSA) is 87.7 Å². The van der Waals surface area contributed by atoms with Crippen LogP contribution < -0.4 is 10.6 Å². The quantitative estimate of drug-likeness (QED) is 0.829. The fourth-order valence-corrected chi connectivity index (χ4v) is 4.44. The Kier molecular flexibility index (Phi) is 6.42. The second-order valence-electron chi connectivity index (χ2n) is 6.54. The Morgan fingerprint density at radius 3 is 2.32 bits per heavy atom. The van der Waals surface area contributed by atoms with E-state index in [1.807, 2.05) is 45.9 Å². The molecule has 0 radical (unpaired) electrons. The number of aryl methyl sites for hydroxylation is 2. The number of urea groups is 1. The van der Waals surface area contributed by atoms with Gasteiger partial charge < -0.3 is 15.4 Å². The zero-order chi connectivity index (χ0) is 18.6. The predicted molar refractivity (Wildman–Crippen MR) is 98.3 cm³/mol. The number of carbonyl (C=O) groups excluding carboxylic acids is 1. The zero-order valence-corrected chi connectivity index (χ0v) is 16.0. The van der Waals surface area contributed by atoms with Crippen LogP contribution in [0.2, 0.25) is 0 Å². The first-order valence-electron chi connectivity index (χ1n) is 8.43. The number of sulfonamides is 1. The van der Waals surface area contributed by atoms with Crippen molar-refractivity contribution in [1.82, 2.24) is 9.62 Å². The first-order chi connectivity index (χ1) is 11.7. The Hall–Kier alpha value is -1.64. The number of benzene rings is 1. The first kappa shape index (κ1) is 19.7. The molecule has 25 heavy (non-hydrogen) atoms. The maximum absolute atomic E-state index is 12.4. The van der Waals surface area contributed by atoms with Crippen LogP contribution in [0.1, 0.15) is 25.0 Å². The number of amides is 2. The van der Waals surface area contributed by atoms with Crippen molar-refractivity contribution in [2.45, 2.75) is 39.9 Å². The van der Waals surface area contributed by atoms with Gasteiger partial charge in [-0.1, -0.05) is 18.2 Å². The van der Waals surface area contributed by atoms with Crippen molar-refractivity contribution < 1.29 is 17.9 Å². The molecule has 2 atom stereocenters. The minimum Gasteiger partial charge on any atom is -0.373 e. The molecule has 0 aromatic heterocycles. The minimum atomic E-state index is -3.42. The van der Waals surface area contributed by atoms with Crippen LogP contribution >= 0.6 is 0 Å². The maximum atomic E-state index is 12.4. The summed E-state index contributed by atoms with van der Waals surface area (Å²) in [5.74, 6) is -0.132. The van der Waals surface area contributed by atoms with Crippen molar-refractivity contribution in [2.24, 2.45) is 0 Å². The van der Waals surface area contributed by atoms with E-state index >= 15 is 0 Å². The summed E-state index contributed by atoms with van der Waals surface area (Å²) >= 11 is 0. The number of ether oxygens (including phenoxy) is 1. The highest BCUT2D eigenvalue weighted by atomic mass is 32.2. The largest absolute Gasteiger partial charge is 0.373 e. The van der Waals surface area contributed by atoms with Crippen LogP contribution in [-0.4, -0.2) is 56.3 Å². The number of carbonyl (C=O) groups is 1. The number of para-hydroxylation sites is 1. The van der Waals surface area contributed by atoms with E-state index in [1.54, 1.807) is 0 Å². The number of nitrogens with zero attached hydrogens (tertiary/aromatic N) is 1. The molecule has 0 saturated carbocycles. The van der Waals surface area contributed by atoms with E-state index in [1.165, 1.54) is 4.31 Å². The van der Waals surface area contributed by atoms with Gasteiger partial charge in [0.25, 0.3) is 0 Å². The molecule has 1 aromatic rings. The van der Waals surface area contributed by atoms with Crippen LogP contribution in [0.3, 0.4) is 0 Å². The van der Waals surface area contributed by atoms with Gasteiger partial charge in [0.05, 0.1) is 18.0 Å². The molecule has 0 spiro atoms. The average molecular weight is 369 g/mol. The second-order valence-corrected chi connectivity index (χ2v) is 8.63. The molecule has 1 fully saturated rings. The van der Waals surface area contributed by atoms with Gasteiger partial charge in [-0.25, -0.2) is 13.2 Å². The smallest absolute Gasteiger partial charge is 0.319 e. The van der Waals surface area contributed by atoms with Crippen LogP contribution in [0.4, 0.5) is 10.5 Å². The molecule has 8 heteroatoms. The lowest BCUT2D eigenvalue weighted by Gasteiger charge is -2.34. The van der Waals surface area contributed by atoms with E-state index in [4.69, 9.17) is 4.74 Å². The third kappa shape index (κ3) is 5.42. The lowest BCUT2D eigenvalue weighted by atomic mass is 10.1. The summed E-state index contributed by atoms with van der Waals surface area (Å²) in [7, 11) is -3.42.